The second-order valence-corrected chi connectivity index (χ2v) is 4.74. The zero-order valence-electron chi connectivity index (χ0n) is 9.65. The van der Waals surface area contributed by atoms with Crippen LogP contribution >= 0.6 is 0 Å². The number of aliphatic hydroxyl groups is 1. The highest BCUT2D eigenvalue weighted by molar-refractivity contribution is 5.88. The summed E-state index contributed by atoms with van der Waals surface area (Å²) in [5.74, 6) is 0.227. The molecule has 1 N–H and O–H groups in total. The van der Waals surface area contributed by atoms with Crippen molar-refractivity contribution < 1.29 is 9.90 Å². The van der Waals surface area contributed by atoms with Gasteiger partial charge in [-0.3, -0.25) is 4.79 Å². The van der Waals surface area contributed by atoms with Crippen molar-refractivity contribution in [3.63, 3.8) is 0 Å². The summed E-state index contributed by atoms with van der Waals surface area (Å²) in [6, 6.07) is 9.98. The van der Waals surface area contributed by atoms with E-state index in [1.807, 2.05) is 30.3 Å². The standard InChI is InChI=1S/C14H18O2/c1-11(15)14(9-7-13(16)8-10-14)12-5-3-2-4-6-12/h2-6,13,16H,7-10H2,1H3/t13-,14-. The molecule has 2 nitrogen and oxygen atoms in total. The normalized spacial score (nSPS) is 30.0. The number of carbonyl (C=O) groups excluding carboxylic acids is 1. The van der Waals surface area contributed by atoms with Gasteiger partial charge in [-0.15, -0.1) is 0 Å². The van der Waals surface area contributed by atoms with Crippen molar-refractivity contribution in [1.29, 1.82) is 0 Å². The zero-order chi connectivity index (χ0) is 11.6. The largest absolute Gasteiger partial charge is 0.393 e. The number of Topliss-reactive ketones (excluding diaryl/α,β-unsaturated/α-hetero) is 1. The fraction of sp³-hybridized carbons (Fsp3) is 0.500. The van der Waals surface area contributed by atoms with Crippen LogP contribution in [0.15, 0.2) is 30.3 Å². The molecule has 1 aromatic carbocycles. The Hall–Kier alpha value is -1.15. The van der Waals surface area contributed by atoms with E-state index >= 15 is 0 Å². The monoisotopic (exact) mass is 218 g/mol. The number of benzene rings is 1. The number of hydrogen-bond acceptors (Lipinski definition) is 2. The molecule has 0 aliphatic heterocycles. The summed E-state index contributed by atoms with van der Waals surface area (Å²) in [6.07, 6.45) is 2.78. The second kappa shape index (κ2) is 4.38. The quantitative estimate of drug-likeness (QED) is 0.828. The van der Waals surface area contributed by atoms with Crippen LogP contribution in [0.1, 0.15) is 38.2 Å². The molecule has 16 heavy (non-hydrogen) atoms. The van der Waals surface area contributed by atoms with Crippen molar-refractivity contribution in [2.24, 2.45) is 0 Å². The van der Waals surface area contributed by atoms with Gasteiger partial charge in [-0.1, -0.05) is 30.3 Å². The van der Waals surface area contributed by atoms with Crippen LogP contribution in [0.25, 0.3) is 0 Å². The molecule has 1 aliphatic carbocycles. The molecule has 0 aromatic heterocycles. The first-order chi connectivity index (χ1) is 7.65. The van der Waals surface area contributed by atoms with Gasteiger partial charge in [0.15, 0.2) is 0 Å². The third-order valence-corrected chi connectivity index (χ3v) is 3.81. The predicted molar refractivity (Wildman–Crippen MR) is 63.3 cm³/mol. The van der Waals surface area contributed by atoms with Crippen molar-refractivity contribution in [3.05, 3.63) is 35.9 Å². The molecule has 86 valence electrons. The molecular formula is C14H18O2. The van der Waals surface area contributed by atoms with Crippen LogP contribution in [0.2, 0.25) is 0 Å². The summed E-state index contributed by atoms with van der Waals surface area (Å²) in [5, 5.41) is 9.56. The highest BCUT2D eigenvalue weighted by Gasteiger charge is 2.40. The molecule has 0 amide bonds. The molecule has 0 radical (unpaired) electrons. The minimum Gasteiger partial charge on any atom is -0.393 e. The van der Waals surface area contributed by atoms with Gasteiger partial charge >= 0.3 is 0 Å². The average molecular weight is 218 g/mol. The Morgan fingerprint density at radius 2 is 1.81 bits per heavy atom. The minimum absolute atomic E-state index is 0.226. The summed E-state index contributed by atoms with van der Waals surface area (Å²) < 4.78 is 0. The Bertz CT molecular complexity index is 362. The lowest BCUT2D eigenvalue weighted by Gasteiger charge is -2.37. The third-order valence-electron chi connectivity index (χ3n) is 3.81. The Morgan fingerprint density at radius 3 is 2.31 bits per heavy atom. The first kappa shape index (κ1) is 11.3. The SMILES string of the molecule is CC(=O)[C@]1(c2ccccc2)CC[C@H](O)CC1. The highest BCUT2D eigenvalue weighted by atomic mass is 16.3. The van der Waals surface area contributed by atoms with Gasteiger partial charge < -0.3 is 5.11 Å². The van der Waals surface area contributed by atoms with Gasteiger partial charge in [0.25, 0.3) is 0 Å². The van der Waals surface area contributed by atoms with Crippen LogP contribution in [0.4, 0.5) is 0 Å². The molecule has 0 bridgehead atoms. The van der Waals surface area contributed by atoms with Crippen LogP contribution in [0.5, 0.6) is 0 Å². The Morgan fingerprint density at radius 1 is 1.25 bits per heavy atom. The van der Waals surface area contributed by atoms with E-state index in [1.165, 1.54) is 0 Å². The van der Waals surface area contributed by atoms with E-state index in [4.69, 9.17) is 0 Å². The Labute approximate surface area is 96.3 Å². The number of ketones is 1. The topological polar surface area (TPSA) is 37.3 Å². The Balaban J connectivity index is 2.34. The van der Waals surface area contributed by atoms with Crippen molar-refractivity contribution in [2.45, 2.75) is 44.1 Å². The molecular weight excluding hydrogens is 200 g/mol. The van der Waals surface area contributed by atoms with Gasteiger partial charge in [-0.2, -0.15) is 0 Å². The van der Waals surface area contributed by atoms with E-state index in [-0.39, 0.29) is 17.3 Å². The first-order valence-electron chi connectivity index (χ1n) is 5.90. The second-order valence-electron chi connectivity index (χ2n) is 4.74. The fourth-order valence-corrected chi connectivity index (χ4v) is 2.70. The van der Waals surface area contributed by atoms with Gasteiger partial charge in [0, 0.05) is 0 Å². The molecule has 0 unspecified atom stereocenters. The van der Waals surface area contributed by atoms with Gasteiger partial charge in [0.05, 0.1) is 11.5 Å². The van der Waals surface area contributed by atoms with Crippen molar-refractivity contribution >= 4 is 5.78 Å². The van der Waals surface area contributed by atoms with Crippen LogP contribution in [0.3, 0.4) is 0 Å². The molecule has 1 aliphatic rings. The van der Waals surface area contributed by atoms with E-state index in [1.54, 1.807) is 6.92 Å². The average Bonchev–Trinajstić information content (AvgIpc) is 2.31. The van der Waals surface area contributed by atoms with E-state index in [0.717, 1.165) is 31.2 Å². The van der Waals surface area contributed by atoms with Crippen LogP contribution in [0, 0.1) is 0 Å². The molecule has 0 saturated heterocycles. The number of hydrogen-bond donors (Lipinski definition) is 1. The molecule has 0 heterocycles. The van der Waals surface area contributed by atoms with E-state index in [9.17, 15) is 9.90 Å². The lowest BCUT2D eigenvalue weighted by Crippen LogP contribution is -2.39. The van der Waals surface area contributed by atoms with Gasteiger partial charge in [0.1, 0.15) is 5.78 Å². The molecule has 0 spiro atoms. The highest BCUT2D eigenvalue weighted by Crippen LogP contribution is 2.40. The Kier molecular flexibility index (Phi) is 3.10. The maximum Gasteiger partial charge on any atom is 0.140 e. The van der Waals surface area contributed by atoms with Gasteiger partial charge in [0.2, 0.25) is 0 Å². The smallest absolute Gasteiger partial charge is 0.140 e. The van der Waals surface area contributed by atoms with Crippen LogP contribution in [-0.2, 0) is 10.2 Å². The van der Waals surface area contributed by atoms with E-state index in [0.29, 0.717) is 0 Å². The summed E-state index contributed by atoms with van der Waals surface area (Å²) in [6.45, 7) is 1.67. The van der Waals surface area contributed by atoms with Crippen molar-refractivity contribution in [1.82, 2.24) is 0 Å². The van der Waals surface area contributed by atoms with Crippen LogP contribution < -0.4 is 0 Å². The third kappa shape index (κ3) is 1.90. The lowest BCUT2D eigenvalue weighted by atomic mass is 9.66. The summed E-state index contributed by atoms with van der Waals surface area (Å²) in [4.78, 5) is 11.9. The number of aliphatic hydroxyl groups excluding tert-OH is 1. The molecule has 1 fully saturated rings. The molecule has 1 aromatic rings. The summed E-state index contributed by atoms with van der Waals surface area (Å²) in [5.41, 5.74) is 0.759. The summed E-state index contributed by atoms with van der Waals surface area (Å²) in [7, 11) is 0. The van der Waals surface area contributed by atoms with Crippen LogP contribution in [-0.4, -0.2) is 17.0 Å². The first-order valence-corrected chi connectivity index (χ1v) is 5.90. The molecule has 2 heteroatoms. The van der Waals surface area contributed by atoms with Gasteiger partial charge in [-0.25, -0.2) is 0 Å². The summed E-state index contributed by atoms with van der Waals surface area (Å²) >= 11 is 0. The number of rotatable bonds is 2. The number of carbonyl (C=O) groups is 1. The van der Waals surface area contributed by atoms with Crippen molar-refractivity contribution in [3.8, 4) is 0 Å². The fourth-order valence-electron chi connectivity index (χ4n) is 2.70. The maximum absolute atomic E-state index is 11.9. The molecule has 2 rings (SSSR count). The van der Waals surface area contributed by atoms with E-state index in [2.05, 4.69) is 0 Å². The van der Waals surface area contributed by atoms with Crippen molar-refractivity contribution in [2.75, 3.05) is 0 Å². The minimum atomic E-state index is -0.347. The van der Waals surface area contributed by atoms with E-state index < -0.39 is 0 Å². The van der Waals surface area contributed by atoms with Gasteiger partial charge in [-0.05, 0) is 38.2 Å². The molecule has 1 saturated carbocycles. The predicted octanol–water partition coefficient (Wildman–Crippen LogP) is 2.45. The maximum atomic E-state index is 11.9. The zero-order valence-corrected chi connectivity index (χ0v) is 9.65. The molecule has 0 atom stereocenters. The lowest BCUT2D eigenvalue weighted by molar-refractivity contribution is -0.124.